The van der Waals surface area contributed by atoms with E-state index in [9.17, 15) is 42.0 Å². The molecule has 0 aromatic rings. The highest BCUT2D eigenvalue weighted by Gasteiger charge is 2.59. The maximum Gasteiger partial charge on any atom is 0.303 e. The Bertz CT molecular complexity index is 1420. The third-order valence-electron chi connectivity index (χ3n) is 6.69. The molecule has 50 heavy (non-hydrogen) atoms. The van der Waals surface area contributed by atoms with E-state index in [-0.39, 0.29) is 5.57 Å². The van der Waals surface area contributed by atoms with Crippen LogP contribution in [0.15, 0.2) is 12.2 Å². The van der Waals surface area contributed by atoms with Crippen LogP contribution in [0.1, 0.15) is 55.4 Å². The molecule has 2 unspecified atom stereocenters. The molecular weight excluding hydrogens is 696 g/mol. The van der Waals surface area contributed by atoms with Gasteiger partial charge in [-0.05, 0) is 6.92 Å². The first-order chi connectivity index (χ1) is 23.1. The molecular formula is C30H42O19S. The monoisotopic (exact) mass is 738 g/mol. The summed E-state index contributed by atoms with van der Waals surface area (Å²) in [4.78, 5) is 85.1. The normalized spacial score (nSPS) is 29.4. The molecule has 0 amide bonds. The van der Waals surface area contributed by atoms with E-state index in [2.05, 4.69) is 6.58 Å². The van der Waals surface area contributed by atoms with Crippen molar-refractivity contribution in [3.8, 4) is 0 Å². The average molecular weight is 739 g/mol. The second kappa shape index (κ2) is 18.2. The van der Waals surface area contributed by atoms with Crippen LogP contribution in [0.3, 0.4) is 0 Å². The minimum atomic E-state index is -4.41. The van der Waals surface area contributed by atoms with Crippen molar-refractivity contribution in [3.63, 3.8) is 0 Å². The van der Waals surface area contributed by atoms with Crippen LogP contribution in [-0.4, -0.2) is 130 Å². The van der Waals surface area contributed by atoms with E-state index in [1.54, 1.807) is 0 Å². The van der Waals surface area contributed by atoms with Crippen LogP contribution in [0.4, 0.5) is 0 Å². The number of ether oxygens (including phenoxy) is 10. The summed E-state index contributed by atoms with van der Waals surface area (Å²) in [5, 5.41) is 0. The SMILES string of the molecule is C=C(C)CS(=O)(=O)C1O[C@H](COC(C)=O)[C@@H](OC2O[C@H](COC(C)=O)[C@@H](OC(C)=O)[C@H](OC(C)=O)[C@H]2OC(C)=O)[C@H](OC(C)=O)[C@H]1OC(C)=O. The van der Waals surface area contributed by atoms with E-state index in [0.717, 1.165) is 48.5 Å². The number of hydrogen-bond donors (Lipinski definition) is 0. The zero-order valence-corrected chi connectivity index (χ0v) is 29.6. The maximum absolute atomic E-state index is 13.5. The highest BCUT2D eigenvalue weighted by molar-refractivity contribution is 7.92. The van der Waals surface area contributed by atoms with E-state index < -0.39 is 131 Å². The van der Waals surface area contributed by atoms with Crippen molar-refractivity contribution in [2.45, 2.75) is 116 Å². The Kier molecular flexibility index (Phi) is 15.3. The maximum atomic E-state index is 13.5. The molecule has 2 saturated heterocycles. The van der Waals surface area contributed by atoms with Gasteiger partial charge in [-0.15, -0.1) is 0 Å². The molecule has 19 nitrogen and oxygen atoms in total. The Morgan fingerprint density at radius 3 is 1.32 bits per heavy atom. The van der Waals surface area contributed by atoms with Gasteiger partial charge in [-0.25, -0.2) is 8.42 Å². The zero-order chi connectivity index (χ0) is 38.1. The average Bonchev–Trinajstić information content (AvgIpc) is 2.94. The summed E-state index contributed by atoms with van der Waals surface area (Å²) in [6.07, 6.45) is -15.5. The van der Waals surface area contributed by atoms with Crippen molar-refractivity contribution in [2.75, 3.05) is 19.0 Å². The molecule has 2 aliphatic heterocycles. The molecule has 0 aliphatic carbocycles. The van der Waals surface area contributed by atoms with Gasteiger partial charge in [0.1, 0.15) is 31.5 Å². The largest absolute Gasteiger partial charge is 0.463 e. The summed E-state index contributed by atoms with van der Waals surface area (Å²) in [6.45, 7) is 10.7. The summed E-state index contributed by atoms with van der Waals surface area (Å²) in [6, 6.07) is 0. The fourth-order valence-corrected chi connectivity index (χ4v) is 6.97. The molecule has 282 valence electrons. The molecule has 0 N–H and O–H groups in total. The summed E-state index contributed by atoms with van der Waals surface area (Å²) >= 11 is 0. The molecule has 0 radical (unpaired) electrons. The predicted octanol–water partition coefficient (Wildman–Crippen LogP) is -0.403. The molecule has 2 aliphatic rings. The van der Waals surface area contributed by atoms with Gasteiger partial charge in [0, 0.05) is 48.5 Å². The summed E-state index contributed by atoms with van der Waals surface area (Å²) in [5.41, 5.74) is -1.85. The van der Waals surface area contributed by atoms with Crippen LogP contribution in [0.25, 0.3) is 0 Å². The highest BCUT2D eigenvalue weighted by Crippen LogP contribution is 2.36. The first kappa shape index (κ1) is 42.0. The van der Waals surface area contributed by atoms with Crippen molar-refractivity contribution in [1.29, 1.82) is 0 Å². The fraction of sp³-hybridized carbons (Fsp3) is 0.700. The number of rotatable bonds is 14. The van der Waals surface area contributed by atoms with Crippen LogP contribution in [0.2, 0.25) is 0 Å². The molecule has 0 saturated carbocycles. The molecule has 2 heterocycles. The molecule has 0 spiro atoms. The van der Waals surface area contributed by atoms with Crippen molar-refractivity contribution < 1.29 is 89.3 Å². The van der Waals surface area contributed by atoms with Gasteiger partial charge < -0.3 is 47.4 Å². The Morgan fingerprint density at radius 1 is 0.520 bits per heavy atom. The second-order valence-electron chi connectivity index (χ2n) is 11.4. The Balaban J connectivity index is 2.82. The van der Waals surface area contributed by atoms with Crippen molar-refractivity contribution >= 4 is 51.6 Å². The van der Waals surface area contributed by atoms with Gasteiger partial charge >= 0.3 is 41.8 Å². The van der Waals surface area contributed by atoms with Gasteiger partial charge in [-0.2, -0.15) is 0 Å². The number of hydrogen-bond acceptors (Lipinski definition) is 19. The van der Waals surface area contributed by atoms with E-state index >= 15 is 0 Å². The molecule has 2 rings (SSSR count). The highest BCUT2D eigenvalue weighted by atomic mass is 32.2. The van der Waals surface area contributed by atoms with Crippen molar-refractivity contribution in [3.05, 3.63) is 12.2 Å². The van der Waals surface area contributed by atoms with Crippen LogP contribution >= 0.6 is 0 Å². The lowest BCUT2D eigenvalue weighted by atomic mass is 9.96. The topological polar surface area (TPSA) is 246 Å². The van der Waals surface area contributed by atoms with Gasteiger partial charge in [0.05, 0.1) is 5.75 Å². The lowest BCUT2D eigenvalue weighted by molar-refractivity contribution is -0.341. The third kappa shape index (κ3) is 12.3. The summed E-state index contributed by atoms with van der Waals surface area (Å²) < 4.78 is 82.3. The molecule has 0 aromatic heterocycles. The summed E-state index contributed by atoms with van der Waals surface area (Å²) in [7, 11) is -4.41. The molecule has 0 bridgehead atoms. The molecule has 2 fully saturated rings. The van der Waals surface area contributed by atoms with Gasteiger partial charge in [0.15, 0.2) is 52.1 Å². The van der Waals surface area contributed by atoms with Gasteiger partial charge in [0.25, 0.3) is 0 Å². The second-order valence-corrected chi connectivity index (χ2v) is 13.5. The van der Waals surface area contributed by atoms with Crippen LogP contribution < -0.4 is 0 Å². The Hall–Kier alpha value is -4.14. The van der Waals surface area contributed by atoms with E-state index in [0.29, 0.717) is 0 Å². The zero-order valence-electron chi connectivity index (χ0n) is 28.8. The fourth-order valence-electron chi connectivity index (χ4n) is 5.19. The van der Waals surface area contributed by atoms with Crippen LogP contribution in [0, 0.1) is 0 Å². The first-order valence-corrected chi connectivity index (χ1v) is 16.8. The molecule has 20 heteroatoms. The quantitative estimate of drug-likeness (QED) is 0.125. The lowest BCUT2D eigenvalue weighted by Gasteiger charge is -2.48. The van der Waals surface area contributed by atoms with E-state index in [1.807, 2.05) is 0 Å². The molecule has 10 atom stereocenters. The number of esters is 7. The van der Waals surface area contributed by atoms with Crippen molar-refractivity contribution in [1.82, 2.24) is 0 Å². The van der Waals surface area contributed by atoms with Gasteiger partial charge in [-0.3, -0.25) is 33.6 Å². The van der Waals surface area contributed by atoms with Crippen LogP contribution in [-0.2, 0) is 90.8 Å². The minimum absolute atomic E-state index is 0.173. The smallest absolute Gasteiger partial charge is 0.303 e. The Labute approximate surface area is 288 Å². The van der Waals surface area contributed by atoms with E-state index in [4.69, 9.17) is 47.4 Å². The number of sulfone groups is 1. The number of carbonyl (C=O) groups is 7. The van der Waals surface area contributed by atoms with E-state index in [1.165, 1.54) is 6.92 Å². The first-order valence-electron chi connectivity index (χ1n) is 15.1. The van der Waals surface area contributed by atoms with Gasteiger partial charge in [-0.1, -0.05) is 12.2 Å². The third-order valence-corrected chi connectivity index (χ3v) is 8.67. The number of carbonyl (C=O) groups excluding carboxylic acids is 7. The summed E-state index contributed by atoms with van der Waals surface area (Å²) in [5.74, 6) is -7.12. The lowest BCUT2D eigenvalue weighted by Crippen LogP contribution is -2.67. The molecule has 0 aromatic carbocycles. The van der Waals surface area contributed by atoms with Crippen molar-refractivity contribution in [2.24, 2.45) is 0 Å². The van der Waals surface area contributed by atoms with Crippen LogP contribution in [0.5, 0.6) is 0 Å². The Morgan fingerprint density at radius 2 is 0.900 bits per heavy atom. The van der Waals surface area contributed by atoms with Gasteiger partial charge in [0.2, 0.25) is 0 Å². The standard InChI is InChI=1S/C30H42O19S/c1-13(2)12-50(38,39)30-28(46-20(9)37)26(44-18(7)35)24(22(48-30)11-41-15(4)32)49-29-27(45-19(8)36)25(43-17(6)34)23(42-16(5)33)21(47-29)10-40-14(3)31/h21-30H,1,10-12H2,2-9H3/t21-,22-,23-,24-,25+,26+,27-,28-,29?,30?/m1/s1. The minimum Gasteiger partial charge on any atom is -0.463 e. The predicted molar refractivity (Wildman–Crippen MR) is 162 cm³/mol.